The number of rotatable bonds is 4. The first-order chi connectivity index (χ1) is 5.72. The van der Waals surface area contributed by atoms with Gasteiger partial charge in [-0.15, -0.1) is 0 Å². The summed E-state index contributed by atoms with van der Waals surface area (Å²) >= 11 is 0. The van der Waals surface area contributed by atoms with Gasteiger partial charge in [0.15, 0.2) is 5.89 Å². The van der Waals surface area contributed by atoms with Crippen molar-refractivity contribution in [1.29, 1.82) is 0 Å². The maximum atomic E-state index is 9.01. The number of aromatic nitrogens is 1. The molecule has 0 radical (unpaired) electrons. The molecule has 0 saturated heterocycles. The van der Waals surface area contributed by atoms with Gasteiger partial charge in [-0.05, 0) is 6.92 Å². The summed E-state index contributed by atoms with van der Waals surface area (Å²) < 4.78 is 5.02. The summed E-state index contributed by atoms with van der Waals surface area (Å²) in [6.07, 6.45) is 2.03. The van der Waals surface area contributed by atoms with Crippen molar-refractivity contribution in [2.75, 3.05) is 6.61 Å². The predicted octanol–water partition coefficient (Wildman–Crippen LogP) is 0.133. The van der Waals surface area contributed by atoms with E-state index < -0.39 is 6.10 Å². The molecule has 0 saturated carbocycles. The van der Waals surface area contributed by atoms with E-state index in [9.17, 15) is 0 Å². The quantitative estimate of drug-likeness (QED) is 0.676. The van der Waals surface area contributed by atoms with Gasteiger partial charge in [-0.25, -0.2) is 4.98 Å². The second-order valence-electron chi connectivity index (χ2n) is 2.76. The topological polar surface area (TPSA) is 66.5 Å². The van der Waals surface area contributed by atoms with E-state index >= 15 is 0 Å². The molecule has 1 heterocycles. The lowest BCUT2D eigenvalue weighted by Crippen LogP contribution is -2.04. The van der Waals surface area contributed by atoms with Crippen LogP contribution < -0.4 is 0 Å². The Labute approximate surface area is 70.9 Å². The third-order valence-corrected chi connectivity index (χ3v) is 1.43. The van der Waals surface area contributed by atoms with E-state index in [4.69, 9.17) is 14.6 Å². The fourth-order valence-corrected chi connectivity index (χ4v) is 0.956. The SMILES string of the molecule is CC(O)Cc1coc(CCO)n1. The minimum Gasteiger partial charge on any atom is -0.449 e. The van der Waals surface area contributed by atoms with Crippen LogP contribution in [0.4, 0.5) is 0 Å². The molecule has 4 heteroatoms. The maximum Gasteiger partial charge on any atom is 0.196 e. The molecule has 4 nitrogen and oxygen atoms in total. The van der Waals surface area contributed by atoms with Crippen molar-refractivity contribution in [3.63, 3.8) is 0 Å². The zero-order valence-electron chi connectivity index (χ0n) is 7.03. The van der Waals surface area contributed by atoms with Gasteiger partial charge >= 0.3 is 0 Å². The Kier molecular flexibility index (Phi) is 3.25. The summed E-state index contributed by atoms with van der Waals surface area (Å²) in [5.74, 6) is 0.521. The lowest BCUT2D eigenvalue weighted by molar-refractivity contribution is 0.194. The first-order valence-electron chi connectivity index (χ1n) is 3.94. The molecule has 2 N–H and O–H groups in total. The molecule has 1 aromatic rings. The van der Waals surface area contributed by atoms with Crippen molar-refractivity contribution < 1.29 is 14.6 Å². The Balaban J connectivity index is 2.52. The van der Waals surface area contributed by atoms with Gasteiger partial charge in [0.2, 0.25) is 0 Å². The van der Waals surface area contributed by atoms with Gasteiger partial charge in [0.25, 0.3) is 0 Å². The molecule has 12 heavy (non-hydrogen) atoms. The van der Waals surface area contributed by atoms with Crippen LogP contribution in [-0.2, 0) is 12.8 Å². The van der Waals surface area contributed by atoms with Crippen molar-refractivity contribution in [2.24, 2.45) is 0 Å². The summed E-state index contributed by atoms with van der Waals surface area (Å²) in [6.45, 7) is 1.73. The molecular weight excluding hydrogens is 158 g/mol. The maximum absolute atomic E-state index is 9.01. The summed E-state index contributed by atoms with van der Waals surface area (Å²) in [7, 11) is 0. The third-order valence-electron chi connectivity index (χ3n) is 1.43. The van der Waals surface area contributed by atoms with E-state index in [-0.39, 0.29) is 6.61 Å². The van der Waals surface area contributed by atoms with Crippen molar-refractivity contribution in [3.05, 3.63) is 17.8 Å². The first kappa shape index (κ1) is 9.22. The Morgan fingerprint density at radius 1 is 1.67 bits per heavy atom. The van der Waals surface area contributed by atoms with E-state index in [0.717, 1.165) is 5.69 Å². The Morgan fingerprint density at radius 2 is 2.42 bits per heavy atom. The van der Waals surface area contributed by atoms with Crippen molar-refractivity contribution in [1.82, 2.24) is 4.98 Å². The van der Waals surface area contributed by atoms with Crippen LogP contribution in [0.15, 0.2) is 10.7 Å². The van der Waals surface area contributed by atoms with Gasteiger partial charge < -0.3 is 14.6 Å². The molecular formula is C8H13NO3. The molecule has 0 spiro atoms. The van der Waals surface area contributed by atoms with E-state index in [0.29, 0.717) is 18.7 Å². The van der Waals surface area contributed by atoms with Crippen molar-refractivity contribution in [2.45, 2.75) is 25.9 Å². The van der Waals surface area contributed by atoms with E-state index in [1.165, 1.54) is 6.26 Å². The van der Waals surface area contributed by atoms with Crippen LogP contribution in [0.1, 0.15) is 18.5 Å². The molecule has 1 unspecified atom stereocenters. The lowest BCUT2D eigenvalue weighted by atomic mass is 10.2. The number of nitrogens with zero attached hydrogens (tertiary/aromatic N) is 1. The van der Waals surface area contributed by atoms with Crippen LogP contribution in [0.3, 0.4) is 0 Å². The number of hydrogen-bond acceptors (Lipinski definition) is 4. The molecule has 0 aliphatic carbocycles. The Bertz CT molecular complexity index is 232. The summed E-state index contributed by atoms with van der Waals surface area (Å²) in [6, 6.07) is 0. The highest BCUT2D eigenvalue weighted by Gasteiger charge is 2.05. The van der Waals surface area contributed by atoms with Gasteiger partial charge in [0, 0.05) is 12.8 Å². The van der Waals surface area contributed by atoms with Crippen LogP contribution in [0.25, 0.3) is 0 Å². The van der Waals surface area contributed by atoms with Crippen LogP contribution in [0.5, 0.6) is 0 Å². The van der Waals surface area contributed by atoms with Gasteiger partial charge in [-0.2, -0.15) is 0 Å². The molecule has 0 bridgehead atoms. The minimum absolute atomic E-state index is 0.0363. The molecule has 0 aliphatic heterocycles. The molecule has 0 fully saturated rings. The highest BCUT2D eigenvalue weighted by Crippen LogP contribution is 2.04. The highest BCUT2D eigenvalue weighted by atomic mass is 16.3. The zero-order chi connectivity index (χ0) is 8.97. The molecule has 1 aromatic heterocycles. The largest absolute Gasteiger partial charge is 0.449 e. The number of oxazole rings is 1. The van der Waals surface area contributed by atoms with Gasteiger partial charge in [-0.1, -0.05) is 0 Å². The zero-order valence-corrected chi connectivity index (χ0v) is 7.03. The van der Waals surface area contributed by atoms with Gasteiger partial charge in [-0.3, -0.25) is 0 Å². The van der Waals surface area contributed by atoms with Crippen LogP contribution in [0.2, 0.25) is 0 Å². The van der Waals surface area contributed by atoms with E-state index in [1.807, 2.05) is 0 Å². The van der Waals surface area contributed by atoms with Gasteiger partial charge in [0.05, 0.1) is 18.4 Å². The monoisotopic (exact) mass is 171 g/mol. The van der Waals surface area contributed by atoms with Crippen LogP contribution in [0, 0.1) is 0 Å². The van der Waals surface area contributed by atoms with Gasteiger partial charge in [0.1, 0.15) is 6.26 Å². The molecule has 0 aromatic carbocycles. The number of aliphatic hydroxyl groups excluding tert-OH is 2. The number of aliphatic hydroxyl groups is 2. The minimum atomic E-state index is -0.405. The van der Waals surface area contributed by atoms with E-state index in [2.05, 4.69) is 4.98 Å². The fourth-order valence-electron chi connectivity index (χ4n) is 0.956. The second kappa shape index (κ2) is 4.23. The van der Waals surface area contributed by atoms with E-state index in [1.54, 1.807) is 6.92 Å². The molecule has 68 valence electrons. The lowest BCUT2D eigenvalue weighted by Gasteiger charge is -1.96. The van der Waals surface area contributed by atoms with Crippen LogP contribution in [-0.4, -0.2) is 27.9 Å². The standard InChI is InChI=1S/C8H13NO3/c1-6(11)4-7-5-12-8(9-7)2-3-10/h5-6,10-11H,2-4H2,1H3. The average molecular weight is 171 g/mol. The Morgan fingerprint density at radius 3 is 3.00 bits per heavy atom. The Hall–Kier alpha value is -0.870. The first-order valence-corrected chi connectivity index (χ1v) is 3.94. The summed E-state index contributed by atoms with van der Waals surface area (Å²) in [5, 5.41) is 17.6. The summed E-state index contributed by atoms with van der Waals surface area (Å²) in [5.41, 5.74) is 0.730. The molecule has 0 amide bonds. The molecule has 0 aliphatic rings. The third kappa shape index (κ3) is 2.64. The fraction of sp³-hybridized carbons (Fsp3) is 0.625. The highest BCUT2D eigenvalue weighted by molar-refractivity contribution is 4.97. The average Bonchev–Trinajstić information content (AvgIpc) is 2.36. The van der Waals surface area contributed by atoms with Crippen molar-refractivity contribution in [3.8, 4) is 0 Å². The predicted molar refractivity (Wildman–Crippen MR) is 42.7 cm³/mol. The summed E-state index contributed by atoms with van der Waals surface area (Å²) in [4.78, 5) is 4.05. The van der Waals surface area contributed by atoms with Crippen LogP contribution >= 0.6 is 0 Å². The smallest absolute Gasteiger partial charge is 0.196 e. The molecule has 1 rings (SSSR count). The molecule has 1 atom stereocenters. The normalized spacial score (nSPS) is 13.2. The second-order valence-corrected chi connectivity index (χ2v) is 2.76. The number of hydrogen-bond donors (Lipinski definition) is 2. The van der Waals surface area contributed by atoms with Crippen molar-refractivity contribution >= 4 is 0 Å².